The predicted octanol–water partition coefficient (Wildman–Crippen LogP) is 1.84. The first-order chi connectivity index (χ1) is 10.7. The third-order valence-electron chi connectivity index (χ3n) is 2.93. The third-order valence-corrected chi connectivity index (χ3v) is 2.93. The summed E-state index contributed by atoms with van der Waals surface area (Å²) >= 11 is 0. The fourth-order valence-electron chi connectivity index (χ4n) is 1.87. The summed E-state index contributed by atoms with van der Waals surface area (Å²) in [4.78, 5) is 27.9. The van der Waals surface area contributed by atoms with E-state index in [4.69, 9.17) is 4.74 Å². The van der Waals surface area contributed by atoms with Crippen LogP contribution in [0.3, 0.4) is 0 Å². The van der Waals surface area contributed by atoms with Gasteiger partial charge in [-0.05, 0) is 17.7 Å². The fourth-order valence-corrected chi connectivity index (χ4v) is 1.87. The molecule has 1 aromatic carbocycles. The minimum absolute atomic E-state index is 0.00858. The minimum Gasteiger partial charge on any atom is -0.444 e. The molecule has 110 valence electrons. The molecule has 1 amide bonds. The number of hydrogen-bond acceptors (Lipinski definition) is 5. The van der Waals surface area contributed by atoms with Gasteiger partial charge in [0.1, 0.15) is 12.3 Å². The molecule has 0 bridgehead atoms. The molecule has 0 spiro atoms. The van der Waals surface area contributed by atoms with Crippen LogP contribution in [-0.4, -0.2) is 20.7 Å². The van der Waals surface area contributed by atoms with Crippen molar-refractivity contribution in [1.82, 2.24) is 14.6 Å². The van der Waals surface area contributed by atoms with Gasteiger partial charge in [-0.3, -0.25) is 10.1 Å². The first-order valence-electron chi connectivity index (χ1n) is 6.55. The normalized spacial score (nSPS) is 10.4. The molecule has 22 heavy (non-hydrogen) atoms. The average Bonchev–Trinajstić information content (AvgIpc) is 2.57. The summed E-state index contributed by atoms with van der Waals surface area (Å²) in [7, 11) is 0. The van der Waals surface area contributed by atoms with Gasteiger partial charge in [-0.15, -0.1) is 0 Å². The molecule has 7 heteroatoms. The molecule has 0 aliphatic heterocycles. The van der Waals surface area contributed by atoms with Crippen LogP contribution < -0.4 is 10.9 Å². The summed E-state index contributed by atoms with van der Waals surface area (Å²) in [6.45, 7) is 0.118. The van der Waals surface area contributed by atoms with Crippen molar-refractivity contribution in [2.45, 2.75) is 6.61 Å². The molecule has 0 atom stereocenters. The fraction of sp³-hybridized carbons (Fsp3) is 0.0667. The topological polar surface area (TPSA) is 85.6 Å². The zero-order valence-corrected chi connectivity index (χ0v) is 11.5. The summed E-state index contributed by atoms with van der Waals surface area (Å²) in [5.74, 6) is 0. The lowest BCUT2D eigenvalue weighted by molar-refractivity contribution is 0.155. The Labute approximate surface area is 125 Å². The van der Waals surface area contributed by atoms with E-state index < -0.39 is 11.7 Å². The smallest absolute Gasteiger partial charge is 0.412 e. The van der Waals surface area contributed by atoms with Gasteiger partial charge in [0.05, 0.1) is 6.20 Å². The lowest BCUT2D eigenvalue weighted by Gasteiger charge is -2.07. The van der Waals surface area contributed by atoms with E-state index in [0.717, 1.165) is 10.1 Å². The molecule has 0 fully saturated rings. The second kappa shape index (κ2) is 6.04. The number of nitrogens with one attached hydrogen (secondary N) is 1. The number of fused-ring (bicyclic) bond motifs is 1. The number of carbonyl (C=O) groups is 1. The van der Waals surface area contributed by atoms with Crippen molar-refractivity contribution >= 4 is 17.4 Å². The highest BCUT2D eigenvalue weighted by Crippen LogP contribution is 2.04. The molecule has 3 rings (SSSR count). The standard InChI is InChI=1S/C15H12N4O3/c20-14-12(9-16-13-7-4-8-17-19(13)14)18-15(21)22-10-11-5-2-1-3-6-11/h1-9H,10H2,(H,18,21). The van der Waals surface area contributed by atoms with Gasteiger partial charge in [-0.1, -0.05) is 30.3 Å². The molecule has 0 saturated carbocycles. The van der Waals surface area contributed by atoms with Crippen LogP contribution in [0.4, 0.5) is 10.5 Å². The van der Waals surface area contributed by atoms with Gasteiger partial charge in [0.2, 0.25) is 0 Å². The van der Waals surface area contributed by atoms with E-state index >= 15 is 0 Å². The van der Waals surface area contributed by atoms with E-state index in [1.54, 1.807) is 12.1 Å². The second-order valence-electron chi connectivity index (χ2n) is 4.46. The Morgan fingerprint density at radius 1 is 1.18 bits per heavy atom. The average molecular weight is 296 g/mol. The molecule has 7 nitrogen and oxygen atoms in total. The van der Waals surface area contributed by atoms with Crippen molar-refractivity contribution in [2.24, 2.45) is 0 Å². The van der Waals surface area contributed by atoms with Crippen molar-refractivity contribution in [3.05, 3.63) is 70.8 Å². The largest absolute Gasteiger partial charge is 0.444 e. The van der Waals surface area contributed by atoms with Crippen molar-refractivity contribution < 1.29 is 9.53 Å². The molecule has 0 radical (unpaired) electrons. The Hall–Kier alpha value is -3.22. The first-order valence-corrected chi connectivity index (χ1v) is 6.55. The Morgan fingerprint density at radius 3 is 2.82 bits per heavy atom. The molecule has 3 aromatic rings. The van der Waals surface area contributed by atoms with Crippen LogP contribution in [0, 0.1) is 0 Å². The van der Waals surface area contributed by atoms with Gasteiger partial charge in [-0.25, -0.2) is 9.78 Å². The summed E-state index contributed by atoms with van der Waals surface area (Å²) in [5, 5.41) is 6.27. The van der Waals surface area contributed by atoms with Gasteiger partial charge >= 0.3 is 6.09 Å². The zero-order valence-electron chi connectivity index (χ0n) is 11.5. The van der Waals surface area contributed by atoms with Crippen LogP contribution in [0.15, 0.2) is 59.7 Å². The number of ether oxygens (including phenoxy) is 1. The van der Waals surface area contributed by atoms with Crippen LogP contribution in [0.25, 0.3) is 5.65 Å². The summed E-state index contributed by atoms with van der Waals surface area (Å²) < 4.78 is 6.16. The van der Waals surface area contributed by atoms with Crippen molar-refractivity contribution in [2.75, 3.05) is 5.32 Å². The molecule has 0 saturated heterocycles. The van der Waals surface area contributed by atoms with E-state index in [0.29, 0.717) is 5.65 Å². The number of hydrogen-bond donors (Lipinski definition) is 1. The van der Waals surface area contributed by atoms with Gasteiger partial charge in [-0.2, -0.15) is 9.61 Å². The highest BCUT2D eigenvalue weighted by Gasteiger charge is 2.10. The molecule has 1 N–H and O–H groups in total. The maximum absolute atomic E-state index is 12.1. The van der Waals surface area contributed by atoms with Crippen molar-refractivity contribution in [1.29, 1.82) is 0 Å². The monoisotopic (exact) mass is 296 g/mol. The third kappa shape index (κ3) is 2.93. The lowest BCUT2D eigenvalue weighted by Crippen LogP contribution is -2.24. The molecular weight excluding hydrogens is 284 g/mol. The number of nitrogens with zero attached hydrogens (tertiary/aromatic N) is 3. The maximum atomic E-state index is 12.1. The summed E-state index contributed by atoms with van der Waals surface area (Å²) in [5.41, 5.74) is 0.792. The second-order valence-corrected chi connectivity index (χ2v) is 4.46. The highest BCUT2D eigenvalue weighted by molar-refractivity contribution is 5.84. The van der Waals surface area contributed by atoms with Crippen LogP contribution in [0.1, 0.15) is 5.56 Å². The number of carbonyl (C=O) groups excluding carboxylic acids is 1. The summed E-state index contributed by atoms with van der Waals surface area (Å²) in [6, 6.07) is 12.6. The Bertz CT molecular complexity index is 861. The van der Waals surface area contributed by atoms with Gasteiger partial charge < -0.3 is 4.74 Å². The summed E-state index contributed by atoms with van der Waals surface area (Å²) in [6.07, 6.45) is 2.02. The molecular formula is C15H12N4O3. The van der Waals surface area contributed by atoms with E-state index in [1.165, 1.54) is 12.4 Å². The van der Waals surface area contributed by atoms with E-state index in [-0.39, 0.29) is 12.3 Å². The van der Waals surface area contributed by atoms with Gasteiger partial charge in [0.15, 0.2) is 5.65 Å². The van der Waals surface area contributed by atoms with E-state index in [1.807, 2.05) is 30.3 Å². The lowest BCUT2D eigenvalue weighted by atomic mass is 10.2. The number of anilines is 1. The number of rotatable bonds is 3. The molecule has 2 aromatic heterocycles. The number of benzene rings is 1. The van der Waals surface area contributed by atoms with Gasteiger partial charge in [0.25, 0.3) is 5.56 Å². The molecule has 2 heterocycles. The molecule has 0 unspecified atom stereocenters. The van der Waals surface area contributed by atoms with Crippen LogP contribution in [0.5, 0.6) is 0 Å². The zero-order chi connectivity index (χ0) is 15.4. The Kier molecular flexibility index (Phi) is 3.78. The SMILES string of the molecule is O=C(Nc1cnc2cccnn2c1=O)OCc1ccccc1. The Morgan fingerprint density at radius 2 is 2.00 bits per heavy atom. The number of amides is 1. The first kappa shape index (κ1) is 13.7. The van der Waals surface area contributed by atoms with Crippen molar-refractivity contribution in [3.63, 3.8) is 0 Å². The predicted molar refractivity (Wildman–Crippen MR) is 79.5 cm³/mol. The quantitative estimate of drug-likeness (QED) is 0.797. The molecule has 0 aliphatic carbocycles. The van der Waals surface area contributed by atoms with E-state index in [2.05, 4.69) is 15.4 Å². The number of aromatic nitrogens is 3. The van der Waals surface area contributed by atoms with E-state index in [9.17, 15) is 9.59 Å². The minimum atomic E-state index is -0.723. The van der Waals surface area contributed by atoms with Crippen LogP contribution in [-0.2, 0) is 11.3 Å². The van der Waals surface area contributed by atoms with Gasteiger partial charge in [0, 0.05) is 6.20 Å². The highest BCUT2D eigenvalue weighted by atomic mass is 16.5. The molecule has 0 aliphatic rings. The van der Waals surface area contributed by atoms with Crippen LogP contribution >= 0.6 is 0 Å². The van der Waals surface area contributed by atoms with Crippen LogP contribution in [0.2, 0.25) is 0 Å². The maximum Gasteiger partial charge on any atom is 0.412 e. The van der Waals surface area contributed by atoms with Crippen molar-refractivity contribution in [3.8, 4) is 0 Å². The Balaban J connectivity index is 1.72.